The fraction of sp³-hybridized carbons (Fsp3) is 0.350. The molecule has 1 N–H and O–H groups in total. The molecule has 0 aliphatic carbocycles. The first-order chi connectivity index (χ1) is 12.8. The molecule has 1 amide bonds. The van der Waals surface area contributed by atoms with Crippen LogP contribution in [-0.4, -0.2) is 31.7 Å². The highest BCUT2D eigenvalue weighted by atomic mass is 79.9. The van der Waals surface area contributed by atoms with Crippen LogP contribution in [0.4, 0.5) is 5.69 Å². The van der Waals surface area contributed by atoms with Crippen molar-refractivity contribution in [1.29, 1.82) is 0 Å². The Morgan fingerprint density at radius 2 is 2.00 bits per heavy atom. The molecular formula is C20H23BrN2O3S. The third kappa shape index (κ3) is 5.18. The summed E-state index contributed by atoms with van der Waals surface area (Å²) in [5.74, 6) is -0.507. The van der Waals surface area contributed by atoms with Crippen LogP contribution in [0.3, 0.4) is 0 Å². The minimum absolute atomic E-state index is 0.0281. The summed E-state index contributed by atoms with van der Waals surface area (Å²) in [7, 11) is -3.46. The second-order valence-electron chi connectivity index (χ2n) is 6.88. The molecule has 0 saturated carbocycles. The van der Waals surface area contributed by atoms with Crippen molar-refractivity contribution in [3.8, 4) is 0 Å². The van der Waals surface area contributed by atoms with E-state index in [1.54, 1.807) is 0 Å². The number of carbonyl (C=O) groups is 1. The highest BCUT2D eigenvalue weighted by Crippen LogP contribution is 2.24. The van der Waals surface area contributed by atoms with Crippen LogP contribution in [0, 0.1) is 12.8 Å². The normalized spacial score (nSPS) is 18.2. The molecule has 0 unspecified atom stereocenters. The number of benzene rings is 2. The second-order valence-corrected chi connectivity index (χ2v) is 9.76. The van der Waals surface area contributed by atoms with Gasteiger partial charge in [0.2, 0.25) is 15.9 Å². The number of hydrogen-bond acceptors (Lipinski definition) is 3. The van der Waals surface area contributed by atoms with Gasteiger partial charge in [0.05, 0.1) is 11.7 Å². The Hall–Kier alpha value is -1.70. The summed E-state index contributed by atoms with van der Waals surface area (Å²) in [6.07, 6.45) is 1.37. The van der Waals surface area contributed by atoms with Crippen LogP contribution in [0.25, 0.3) is 0 Å². The fourth-order valence-electron chi connectivity index (χ4n) is 3.28. The molecule has 5 nitrogen and oxygen atoms in total. The van der Waals surface area contributed by atoms with Crippen molar-refractivity contribution >= 4 is 37.5 Å². The molecule has 1 aliphatic heterocycles. The van der Waals surface area contributed by atoms with Gasteiger partial charge >= 0.3 is 0 Å². The largest absolute Gasteiger partial charge is 0.326 e. The fourth-order valence-corrected chi connectivity index (χ4v) is 5.39. The van der Waals surface area contributed by atoms with Crippen molar-refractivity contribution in [3.05, 3.63) is 64.1 Å². The van der Waals surface area contributed by atoms with E-state index in [2.05, 4.69) is 21.2 Å². The number of sulfonamides is 1. The van der Waals surface area contributed by atoms with Crippen molar-refractivity contribution in [2.75, 3.05) is 18.4 Å². The number of hydrogen-bond donors (Lipinski definition) is 1. The van der Waals surface area contributed by atoms with Crippen molar-refractivity contribution in [2.24, 2.45) is 5.92 Å². The Morgan fingerprint density at radius 1 is 1.22 bits per heavy atom. The SMILES string of the molecule is Cc1ccccc1CS(=O)(=O)N1CCC[C@@H](C(=O)Nc2cccc(Br)c2)C1. The summed E-state index contributed by atoms with van der Waals surface area (Å²) in [5, 5.41) is 2.89. The van der Waals surface area contributed by atoms with Gasteiger partial charge in [-0.15, -0.1) is 0 Å². The standard InChI is InChI=1S/C20H23BrN2O3S/c1-15-6-2-3-7-17(15)14-27(25,26)23-11-5-8-16(13-23)20(24)22-19-10-4-9-18(21)12-19/h2-4,6-7,9-10,12,16H,5,8,11,13-14H2,1H3,(H,22,24)/t16-/m1/s1. The lowest BCUT2D eigenvalue weighted by Gasteiger charge is -2.31. The Bertz CT molecular complexity index is 930. The van der Waals surface area contributed by atoms with Gasteiger partial charge in [-0.3, -0.25) is 4.79 Å². The molecule has 1 atom stereocenters. The van der Waals surface area contributed by atoms with Crippen LogP contribution in [0.5, 0.6) is 0 Å². The number of amides is 1. The van der Waals surface area contributed by atoms with Crippen LogP contribution < -0.4 is 5.32 Å². The predicted octanol–water partition coefficient (Wildman–Crippen LogP) is 3.94. The number of piperidine rings is 1. The first kappa shape index (κ1) is 20.0. The van der Waals surface area contributed by atoms with Crippen LogP contribution in [-0.2, 0) is 20.6 Å². The Morgan fingerprint density at radius 3 is 2.74 bits per heavy atom. The lowest BCUT2D eigenvalue weighted by Crippen LogP contribution is -2.44. The van der Waals surface area contributed by atoms with E-state index in [4.69, 9.17) is 0 Å². The molecule has 7 heteroatoms. The maximum atomic E-state index is 12.9. The lowest BCUT2D eigenvalue weighted by atomic mass is 9.99. The van der Waals surface area contributed by atoms with Crippen LogP contribution in [0.15, 0.2) is 53.0 Å². The molecule has 0 bridgehead atoms. The van der Waals surface area contributed by atoms with Gasteiger partial charge < -0.3 is 5.32 Å². The zero-order valence-corrected chi connectivity index (χ0v) is 17.6. The molecule has 1 fully saturated rings. The van der Waals surface area contributed by atoms with E-state index in [0.29, 0.717) is 25.1 Å². The topological polar surface area (TPSA) is 66.5 Å². The third-order valence-corrected chi connectivity index (χ3v) is 7.13. The summed E-state index contributed by atoms with van der Waals surface area (Å²) >= 11 is 3.38. The highest BCUT2D eigenvalue weighted by molar-refractivity contribution is 9.10. The molecule has 2 aromatic carbocycles. The molecule has 1 saturated heterocycles. The maximum Gasteiger partial charge on any atom is 0.228 e. The first-order valence-corrected chi connectivity index (χ1v) is 11.3. The van der Waals surface area contributed by atoms with Gasteiger partial charge in [-0.2, -0.15) is 0 Å². The highest BCUT2D eigenvalue weighted by Gasteiger charge is 2.32. The van der Waals surface area contributed by atoms with Gasteiger partial charge in [-0.05, 0) is 49.1 Å². The van der Waals surface area contributed by atoms with Gasteiger partial charge in [0.1, 0.15) is 0 Å². The van der Waals surface area contributed by atoms with Crippen LogP contribution in [0.1, 0.15) is 24.0 Å². The van der Waals surface area contributed by atoms with E-state index in [-0.39, 0.29) is 24.1 Å². The van der Waals surface area contributed by atoms with E-state index < -0.39 is 10.0 Å². The summed E-state index contributed by atoms with van der Waals surface area (Å²) in [5.41, 5.74) is 2.47. The zero-order chi connectivity index (χ0) is 19.4. The summed E-state index contributed by atoms with van der Waals surface area (Å²) in [6.45, 7) is 2.61. The van der Waals surface area contributed by atoms with Gasteiger partial charge in [0.25, 0.3) is 0 Å². The van der Waals surface area contributed by atoms with Crippen LogP contribution >= 0.6 is 15.9 Å². The summed E-state index contributed by atoms with van der Waals surface area (Å²) in [4.78, 5) is 12.6. The number of carbonyl (C=O) groups excluding carboxylic acids is 1. The van der Waals surface area contributed by atoms with Gasteiger partial charge in [0.15, 0.2) is 0 Å². The number of anilines is 1. The van der Waals surface area contributed by atoms with Crippen molar-refractivity contribution in [2.45, 2.75) is 25.5 Å². The Balaban J connectivity index is 1.68. The number of halogens is 1. The average Bonchev–Trinajstić information content (AvgIpc) is 2.64. The molecule has 0 aromatic heterocycles. The molecular weight excluding hydrogens is 428 g/mol. The van der Waals surface area contributed by atoms with Gasteiger partial charge in [-0.1, -0.05) is 46.3 Å². The van der Waals surface area contributed by atoms with Crippen LogP contribution in [0.2, 0.25) is 0 Å². The summed E-state index contributed by atoms with van der Waals surface area (Å²) in [6, 6.07) is 14.9. The lowest BCUT2D eigenvalue weighted by molar-refractivity contribution is -0.120. The maximum absolute atomic E-state index is 12.9. The van der Waals surface area contributed by atoms with E-state index in [9.17, 15) is 13.2 Å². The molecule has 1 aliphatic rings. The third-order valence-electron chi connectivity index (χ3n) is 4.84. The number of nitrogens with one attached hydrogen (secondary N) is 1. The minimum atomic E-state index is -3.46. The molecule has 0 spiro atoms. The average molecular weight is 451 g/mol. The quantitative estimate of drug-likeness (QED) is 0.749. The van der Waals surface area contributed by atoms with E-state index in [1.165, 1.54) is 4.31 Å². The van der Waals surface area contributed by atoms with Crippen molar-refractivity contribution in [3.63, 3.8) is 0 Å². The number of rotatable bonds is 5. The zero-order valence-electron chi connectivity index (χ0n) is 15.2. The molecule has 3 rings (SSSR count). The van der Waals surface area contributed by atoms with Crippen molar-refractivity contribution < 1.29 is 13.2 Å². The molecule has 1 heterocycles. The molecule has 144 valence electrons. The first-order valence-electron chi connectivity index (χ1n) is 8.94. The molecule has 27 heavy (non-hydrogen) atoms. The van der Waals surface area contributed by atoms with E-state index in [0.717, 1.165) is 15.6 Å². The second kappa shape index (κ2) is 8.54. The van der Waals surface area contributed by atoms with Gasteiger partial charge in [0, 0.05) is 23.2 Å². The van der Waals surface area contributed by atoms with E-state index >= 15 is 0 Å². The number of aryl methyl sites for hydroxylation is 1. The molecule has 0 radical (unpaired) electrons. The molecule has 2 aromatic rings. The van der Waals surface area contributed by atoms with E-state index in [1.807, 2.05) is 55.5 Å². The predicted molar refractivity (Wildman–Crippen MR) is 111 cm³/mol. The smallest absolute Gasteiger partial charge is 0.228 e. The Kier molecular flexibility index (Phi) is 6.34. The number of nitrogens with zero attached hydrogens (tertiary/aromatic N) is 1. The summed E-state index contributed by atoms with van der Waals surface area (Å²) < 4.78 is 28.1. The van der Waals surface area contributed by atoms with Gasteiger partial charge in [-0.25, -0.2) is 12.7 Å². The monoisotopic (exact) mass is 450 g/mol. The Labute approximate surface area is 169 Å². The van der Waals surface area contributed by atoms with Crippen molar-refractivity contribution in [1.82, 2.24) is 4.31 Å². The minimum Gasteiger partial charge on any atom is -0.326 e.